The van der Waals surface area contributed by atoms with Gasteiger partial charge in [-0.2, -0.15) is 0 Å². The minimum Gasteiger partial charge on any atom is -0.495 e. The van der Waals surface area contributed by atoms with Crippen LogP contribution in [0, 0.1) is 0 Å². The number of amides is 1. The molecule has 0 aliphatic heterocycles. The number of halogens is 3. The predicted octanol–water partition coefficient (Wildman–Crippen LogP) is 5.24. The van der Waals surface area contributed by atoms with Crippen molar-refractivity contribution in [3.63, 3.8) is 0 Å². The number of benzene rings is 2. The standard InChI is InChI=1S/C19H17Cl2N3O2S.ClH/c1-24-15(11-27-19(24)23-13-5-3-12(20)4-6-13)10-18(25)22-14-7-8-17(26-2)16(21)9-14;/h3-9,11H,10H2,1-2H3,(H,22,25);1H. The molecule has 3 aromatic rings. The number of ether oxygens (including phenoxy) is 1. The SMILES string of the molecule is COc1ccc(NC(=O)Cc2csc(=Nc3ccc(Cl)cc3)n2C)cc1Cl.Cl. The molecule has 0 spiro atoms. The van der Waals surface area contributed by atoms with Gasteiger partial charge >= 0.3 is 0 Å². The lowest BCUT2D eigenvalue weighted by Gasteiger charge is -2.08. The Morgan fingerprint density at radius 2 is 1.93 bits per heavy atom. The van der Waals surface area contributed by atoms with Crippen molar-refractivity contribution in [2.45, 2.75) is 6.42 Å². The maximum absolute atomic E-state index is 12.4. The molecule has 0 atom stereocenters. The lowest BCUT2D eigenvalue weighted by atomic mass is 10.2. The first-order chi connectivity index (χ1) is 13.0. The molecule has 0 aliphatic rings. The summed E-state index contributed by atoms with van der Waals surface area (Å²) in [4.78, 5) is 17.7. The van der Waals surface area contributed by atoms with Gasteiger partial charge in [0.15, 0.2) is 4.80 Å². The van der Waals surface area contributed by atoms with Crippen LogP contribution in [0.25, 0.3) is 0 Å². The monoisotopic (exact) mass is 457 g/mol. The predicted molar refractivity (Wildman–Crippen MR) is 118 cm³/mol. The van der Waals surface area contributed by atoms with Gasteiger partial charge in [0.25, 0.3) is 0 Å². The van der Waals surface area contributed by atoms with Crippen LogP contribution in [0.4, 0.5) is 11.4 Å². The van der Waals surface area contributed by atoms with Gasteiger partial charge in [-0.3, -0.25) is 4.79 Å². The number of anilines is 1. The Balaban J connectivity index is 0.00000280. The normalized spacial score (nSPS) is 11.1. The molecule has 148 valence electrons. The third-order valence-corrected chi connectivity index (χ3v) is 5.36. The molecule has 0 fully saturated rings. The van der Waals surface area contributed by atoms with Crippen LogP contribution in [0.2, 0.25) is 10.0 Å². The lowest BCUT2D eigenvalue weighted by Crippen LogP contribution is -2.19. The Morgan fingerprint density at radius 1 is 1.21 bits per heavy atom. The van der Waals surface area contributed by atoms with E-state index in [-0.39, 0.29) is 24.7 Å². The second kappa shape index (κ2) is 9.98. The molecule has 0 aliphatic carbocycles. The van der Waals surface area contributed by atoms with E-state index >= 15 is 0 Å². The maximum atomic E-state index is 12.4. The number of hydrogen-bond acceptors (Lipinski definition) is 4. The molecule has 2 aromatic carbocycles. The third-order valence-electron chi connectivity index (χ3n) is 3.85. The second-order valence-electron chi connectivity index (χ2n) is 5.73. The fourth-order valence-electron chi connectivity index (χ4n) is 2.40. The van der Waals surface area contributed by atoms with Crippen molar-refractivity contribution in [1.82, 2.24) is 4.57 Å². The van der Waals surface area contributed by atoms with Gasteiger partial charge in [0.05, 0.1) is 24.2 Å². The van der Waals surface area contributed by atoms with E-state index in [9.17, 15) is 4.79 Å². The molecule has 0 unspecified atom stereocenters. The number of carbonyl (C=O) groups excluding carboxylic acids is 1. The van der Waals surface area contributed by atoms with Gasteiger partial charge < -0.3 is 14.6 Å². The zero-order chi connectivity index (χ0) is 19.4. The highest BCUT2D eigenvalue weighted by atomic mass is 35.5. The van der Waals surface area contributed by atoms with Gasteiger partial charge in [0.2, 0.25) is 5.91 Å². The number of aromatic nitrogens is 1. The molecule has 3 rings (SSSR count). The molecule has 0 saturated carbocycles. The molecule has 1 amide bonds. The van der Waals surface area contributed by atoms with Crippen molar-refractivity contribution >= 4 is 64.2 Å². The number of methoxy groups -OCH3 is 1. The molecule has 1 aromatic heterocycles. The summed E-state index contributed by atoms with van der Waals surface area (Å²) in [5.74, 6) is 0.426. The highest BCUT2D eigenvalue weighted by Crippen LogP contribution is 2.27. The van der Waals surface area contributed by atoms with Crippen LogP contribution < -0.4 is 14.9 Å². The fraction of sp³-hybridized carbons (Fsp3) is 0.158. The molecule has 0 bridgehead atoms. The van der Waals surface area contributed by atoms with E-state index in [0.29, 0.717) is 21.5 Å². The lowest BCUT2D eigenvalue weighted by molar-refractivity contribution is -0.115. The summed E-state index contributed by atoms with van der Waals surface area (Å²) in [6, 6.07) is 12.4. The quantitative estimate of drug-likeness (QED) is 0.568. The van der Waals surface area contributed by atoms with Gasteiger partial charge in [0, 0.05) is 28.8 Å². The molecule has 1 heterocycles. The molecule has 1 N–H and O–H groups in total. The van der Waals surface area contributed by atoms with Crippen molar-refractivity contribution in [3.8, 4) is 5.75 Å². The Hall–Kier alpha value is -1.99. The third kappa shape index (κ3) is 5.52. The van der Waals surface area contributed by atoms with Crippen molar-refractivity contribution in [1.29, 1.82) is 0 Å². The summed E-state index contributed by atoms with van der Waals surface area (Å²) in [6.07, 6.45) is 0.229. The van der Waals surface area contributed by atoms with E-state index in [0.717, 1.165) is 16.2 Å². The fourth-order valence-corrected chi connectivity index (χ4v) is 3.70. The van der Waals surface area contributed by atoms with Crippen LogP contribution in [0.5, 0.6) is 5.75 Å². The maximum Gasteiger partial charge on any atom is 0.230 e. The first-order valence-electron chi connectivity index (χ1n) is 8.03. The zero-order valence-corrected chi connectivity index (χ0v) is 18.3. The zero-order valence-electron chi connectivity index (χ0n) is 15.1. The summed E-state index contributed by atoms with van der Waals surface area (Å²) in [5.41, 5.74) is 2.29. The van der Waals surface area contributed by atoms with Crippen molar-refractivity contribution in [2.75, 3.05) is 12.4 Å². The van der Waals surface area contributed by atoms with Gasteiger partial charge in [-0.05, 0) is 42.5 Å². The number of hydrogen-bond donors (Lipinski definition) is 1. The van der Waals surface area contributed by atoms with Gasteiger partial charge in [-0.1, -0.05) is 23.2 Å². The van der Waals surface area contributed by atoms with Crippen LogP contribution in [0.3, 0.4) is 0 Å². The van der Waals surface area contributed by atoms with Crippen LogP contribution in [0.1, 0.15) is 5.69 Å². The van der Waals surface area contributed by atoms with E-state index in [4.69, 9.17) is 27.9 Å². The number of nitrogens with zero attached hydrogens (tertiary/aromatic N) is 2. The molecule has 5 nitrogen and oxygen atoms in total. The van der Waals surface area contributed by atoms with Crippen LogP contribution in [0.15, 0.2) is 52.8 Å². The molecule has 9 heteroatoms. The topological polar surface area (TPSA) is 55.6 Å². The van der Waals surface area contributed by atoms with Gasteiger partial charge in [-0.25, -0.2) is 4.99 Å². The van der Waals surface area contributed by atoms with Crippen molar-refractivity contribution in [3.05, 3.63) is 68.4 Å². The summed E-state index contributed by atoms with van der Waals surface area (Å²) in [5, 5.41) is 5.88. The number of carbonyl (C=O) groups is 1. The average Bonchev–Trinajstić information content (AvgIpc) is 2.97. The van der Waals surface area contributed by atoms with Gasteiger partial charge in [-0.15, -0.1) is 23.7 Å². The Bertz CT molecular complexity index is 1030. The van der Waals surface area contributed by atoms with Gasteiger partial charge in [0.1, 0.15) is 5.75 Å². The minimum atomic E-state index is -0.136. The molecular weight excluding hydrogens is 441 g/mol. The van der Waals surface area contributed by atoms with Crippen molar-refractivity contribution < 1.29 is 9.53 Å². The molecular formula is C19H18Cl3N3O2S. The van der Waals surface area contributed by atoms with E-state index in [1.54, 1.807) is 37.4 Å². The molecule has 28 heavy (non-hydrogen) atoms. The van der Waals surface area contributed by atoms with E-state index in [2.05, 4.69) is 10.3 Å². The van der Waals surface area contributed by atoms with Crippen LogP contribution >= 0.6 is 46.9 Å². The van der Waals surface area contributed by atoms with E-state index in [1.807, 2.05) is 29.1 Å². The largest absolute Gasteiger partial charge is 0.495 e. The summed E-state index contributed by atoms with van der Waals surface area (Å²) in [6.45, 7) is 0. The number of nitrogens with one attached hydrogen (secondary N) is 1. The second-order valence-corrected chi connectivity index (χ2v) is 7.41. The summed E-state index contributed by atoms with van der Waals surface area (Å²) >= 11 is 13.5. The van der Waals surface area contributed by atoms with Crippen LogP contribution in [-0.4, -0.2) is 17.6 Å². The molecule has 0 radical (unpaired) electrons. The highest BCUT2D eigenvalue weighted by molar-refractivity contribution is 7.07. The first-order valence-corrected chi connectivity index (χ1v) is 9.67. The summed E-state index contributed by atoms with van der Waals surface area (Å²) in [7, 11) is 3.43. The first kappa shape index (κ1) is 22.3. The Labute approximate surface area is 183 Å². The van der Waals surface area contributed by atoms with E-state index in [1.165, 1.54) is 11.3 Å². The van der Waals surface area contributed by atoms with E-state index < -0.39 is 0 Å². The Kier molecular flexibility index (Phi) is 7.95. The molecule has 0 saturated heterocycles. The Morgan fingerprint density at radius 3 is 2.57 bits per heavy atom. The van der Waals surface area contributed by atoms with Crippen molar-refractivity contribution in [2.24, 2.45) is 12.0 Å². The summed E-state index contributed by atoms with van der Waals surface area (Å²) < 4.78 is 7.01. The smallest absolute Gasteiger partial charge is 0.230 e. The number of thiazole rings is 1. The van der Waals surface area contributed by atoms with Crippen LogP contribution in [-0.2, 0) is 18.3 Å². The number of rotatable bonds is 5. The minimum absolute atomic E-state index is 0. The highest BCUT2D eigenvalue weighted by Gasteiger charge is 2.10. The average molecular weight is 459 g/mol.